The Morgan fingerprint density at radius 1 is 1.07 bits per heavy atom. The number of methoxy groups -OCH3 is 1. The van der Waals surface area contributed by atoms with Gasteiger partial charge < -0.3 is 4.74 Å². The predicted octanol–water partition coefficient (Wildman–Crippen LogP) is 4.83. The average molecular weight is 389 g/mol. The number of hydrogen-bond acceptors (Lipinski definition) is 4. The maximum absolute atomic E-state index is 13.6. The molecule has 0 radical (unpaired) electrons. The Morgan fingerprint density at radius 2 is 1.81 bits per heavy atom. The molecule has 2 aromatic carbocycles. The van der Waals surface area contributed by atoms with Crippen molar-refractivity contribution in [3.05, 3.63) is 58.4 Å². The zero-order valence-electron chi connectivity index (χ0n) is 16.2. The van der Waals surface area contributed by atoms with Crippen molar-refractivity contribution in [1.82, 2.24) is 0 Å². The summed E-state index contributed by atoms with van der Waals surface area (Å²) in [5.41, 5.74) is 6.29. The van der Waals surface area contributed by atoms with Crippen LogP contribution in [-0.2, 0) is 20.7 Å². The number of ether oxygens (including phenoxy) is 1. The number of halogens is 1. The molecule has 2 aromatic rings. The lowest BCUT2D eigenvalue weighted by Crippen LogP contribution is -2.11. The van der Waals surface area contributed by atoms with Gasteiger partial charge in [-0.3, -0.25) is 9.59 Å². The summed E-state index contributed by atoms with van der Waals surface area (Å²) in [6.45, 7) is 5.90. The van der Waals surface area contributed by atoms with Gasteiger partial charge in [0, 0.05) is 0 Å². The second-order valence-corrected chi connectivity index (χ2v) is 7.77. The highest BCUT2D eigenvalue weighted by Crippen LogP contribution is 2.30. The van der Waals surface area contributed by atoms with E-state index in [-0.39, 0.29) is 18.0 Å². The zero-order valence-corrected chi connectivity index (χ0v) is 17.0. The van der Waals surface area contributed by atoms with Crippen LogP contribution >= 0.6 is 11.8 Å². The molecular weight excluding hydrogens is 363 g/mol. The standard InChI is InChI=1S/C22H25FO3S/c1-14-9-15(2)19(7-8-27-13-18(24)12-22(25)26-4)20(10-14)17-5-6-21(23)16(3)11-17/h5-6,9-11H,7-8,12-13H2,1-4H3. The molecule has 0 atom stereocenters. The van der Waals surface area contributed by atoms with Gasteiger partial charge in [0.25, 0.3) is 0 Å². The van der Waals surface area contributed by atoms with Crippen LogP contribution in [-0.4, -0.2) is 30.4 Å². The molecule has 0 aromatic heterocycles. The predicted molar refractivity (Wildman–Crippen MR) is 109 cm³/mol. The van der Waals surface area contributed by atoms with Crippen molar-refractivity contribution >= 4 is 23.5 Å². The Morgan fingerprint density at radius 3 is 2.48 bits per heavy atom. The Bertz CT molecular complexity index is 846. The Labute approximate surface area is 164 Å². The summed E-state index contributed by atoms with van der Waals surface area (Å²) in [6.07, 6.45) is 0.626. The number of aryl methyl sites for hydroxylation is 3. The van der Waals surface area contributed by atoms with Gasteiger partial charge >= 0.3 is 5.97 Å². The molecule has 0 saturated carbocycles. The molecule has 27 heavy (non-hydrogen) atoms. The van der Waals surface area contributed by atoms with E-state index >= 15 is 0 Å². The van der Waals surface area contributed by atoms with E-state index in [4.69, 9.17) is 0 Å². The minimum absolute atomic E-state index is 0.123. The third-order valence-corrected chi connectivity index (χ3v) is 5.43. The van der Waals surface area contributed by atoms with E-state index in [1.165, 1.54) is 36.1 Å². The highest BCUT2D eigenvalue weighted by molar-refractivity contribution is 7.99. The third kappa shape index (κ3) is 5.93. The first-order chi connectivity index (χ1) is 12.8. The highest BCUT2D eigenvalue weighted by atomic mass is 32.2. The molecule has 0 aliphatic heterocycles. The first-order valence-corrected chi connectivity index (χ1v) is 10.00. The third-order valence-electron chi connectivity index (χ3n) is 4.41. The molecule has 0 aliphatic rings. The number of benzene rings is 2. The van der Waals surface area contributed by atoms with Crippen molar-refractivity contribution in [2.75, 3.05) is 18.6 Å². The summed E-state index contributed by atoms with van der Waals surface area (Å²) in [4.78, 5) is 22.9. The molecule has 0 saturated heterocycles. The number of hydrogen-bond donors (Lipinski definition) is 0. The van der Waals surface area contributed by atoms with Gasteiger partial charge in [-0.1, -0.05) is 23.8 Å². The van der Waals surface area contributed by atoms with Crippen molar-refractivity contribution in [3.63, 3.8) is 0 Å². The minimum Gasteiger partial charge on any atom is -0.469 e. The smallest absolute Gasteiger partial charge is 0.313 e. The molecule has 0 unspecified atom stereocenters. The number of rotatable bonds is 8. The highest BCUT2D eigenvalue weighted by Gasteiger charge is 2.12. The van der Waals surface area contributed by atoms with Gasteiger partial charge in [0.1, 0.15) is 12.2 Å². The van der Waals surface area contributed by atoms with E-state index in [0.717, 1.165) is 28.9 Å². The lowest BCUT2D eigenvalue weighted by molar-refractivity contribution is -0.142. The molecule has 0 spiro atoms. The maximum atomic E-state index is 13.6. The number of esters is 1. The van der Waals surface area contributed by atoms with Gasteiger partial charge in [-0.25, -0.2) is 4.39 Å². The van der Waals surface area contributed by atoms with Crippen LogP contribution in [0.15, 0.2) is 30.3 Å². The molecule has 2 rings (SSSR count). The van der Waals surface area contributed by atoms with Gasteiger partial charge in [-0.2, -0.15) is 11.8 Å². The molecule has 144 valence electrons. The fraction of sp³-hybridized carbons (Fsp3) is 0.364. The Hall–Kier alpha value is -2.14. The molecular formula is C22H25FO3S. The largest absolute Gasteiger partial charge is 0.469 e. The van der Waals surface area contributed by atoms with Crippen molar-refractivity contribution in [3.8, 4) is 11.1 Å². The number of carbonyl (C=O) groups is 2. The van der Waals surface area contributed by atoms with E-state index in [1.807, 2.05) is 12.1 Å². The summed E-state index contributed by atoms with van der Waals surface area (Å²) in [5.74, 6) is 0.241. The van der Waals surface area contributed by atoms with Crippen molar-refractivity contribution < 1.29 is 18.7 Å². The van der Waals surface area contributed by atoms with Crippen LogP contribution < -0.4 is 0 Å². The number of Topliss-reactive ketones (excluding diaryl/α,β-unsaturated/α-hetero) is 1. The van der Waals surface area contributed by atoms with Gasteiger partial charge in [0.05, 0.1) is 12.9 Å². The van der Waals surface area contributed by atoms with Crippen LogP contribution in [0.25, 0.3) is 11.1 Å². The second-order valence-electron chi connectivity index (χ2n) is 6.67. The van der Waals surface area contributed by atoms with Crippen molar-refractivity contribution in [2.45, 2.75) is 33.6 Å². The van der Waals surface area contributed by atoms with E-state index in [1.54, 1.807) is 6.92 Å². The summed E-state index contributed by atoms with van der Waals surface area (Å²) >= 11 is 1.51. The number of carbonyl (C=O) groups excluding carboxylic acids is 2. The van der Waals surface area contributed by atoms with Crippen molar-refractivity contribution in [1.29, 1.82) is 0 Å². The van der Waals surface area contributed by atoms with Crippen LogP contribution in [0.3, 0.4) is 0 Å². The monoisotopic (exact) mass is 388 g/mol. The van der Waals surface area contributed by atoms with E-state index in [2.05, 4.69) is 30.7 Å². The fourth-order valence-corrected chi connectivity index (χ4v) is 3.87. The molecule has 0 heterocycles. The molecule has 0 amide bonds. The minimum atomic E-state index is -0.496. The maximum Gasteiger partial charge on any atom is 0.313 e. The Kier molecular flexibility index (Phi) is 7.60. The van der Waals surface area contributed by atoms with E-state index in [9.17, 15) is 14.0 Å². The summed E-state index contributed by atoms with van der Waals surface area (Å²) in [7, 11) is 1.28. The number of ketones is 1. The lowest BCUT2D eigenvalue weighted by Gasteiger charge is -2.15. The first kappa shape index (κ1) is 21.2. The fourth-order valence-electron chi connectivity index (χ4n) is 3.04. The van der Waals surface area contributed by atoms with Gasteiger partial charge in [-0.05, 0) is 72.9 Å². The van der Waals surface area contributed by atoms with Crippen molar-refractivity contribution in [2.24, 2.45) is 0 Å². The first-order valence-electron chi connectivity index (χ1n) is 8.84. The molecule has 0 N–H and O–H groups in total. The normalized spacial score (nSPS) is 10.7. The molecule has 0 fully saturated rings. The summed E-state index contributed by atoms with van der Waals surface area (Å²) in [5, 5.41) is 0. The summed E-state index contributed by atoms with van der Waals surface area (Å²) in [6, 6.07) is 9.46. The van der Waals surface area contributed by atoms with Crippen LogP contribution in [0.1, 0.15) is 28.7 Å². The van der Waals surface area contributed by atoms with E-state index in [0.29, 0.717) is 11.3 Å². The lowest BCUT2D eigenvalue weighted by atomic mass is 9.91. The summed E-state index contributed by atoms with van der Waals surface area (Å²) < 4.78 is 18.2. The van der Waals surface area contributed by atoms with Crippen LogP contribution in [0, 0.1) is 26.6 Å². The topological polar surface area (TPSA) is 43.4 Å². The zero-order chi connectivity index (χ0) is 20.0. The molecule has 5 heteroatoms. The SMILES string of the molecule is COC(=O)CC(=O)CSCCc1c(C)cc(C)cc1-c1ccc(F)c(C)c1. The van der Waals surface area contributed by atoms with Crippen LogP contribution in [0.4, 0.5) is 4.39 Å². The van der Waals surface area contributed by atoms with Crippen LogP contribution in [0.2, 0.25) is 0 Å². The molecule has 0 bridgehead atoms. The second kappa shape index (κ2) is 9.70. The molecule has 3 nitrogen and oxygen atoms in total. The average Bonchev–Trinajstić information content (AvgIpc) is 2.61. The van der Waals surface area contributed by atoms with Gasteiger partial charge in [-0.15, -0.1) is 0 Å². The van der Waals surface area contributed by atoms with Crippen LogP contribution in [0.5, 0.6) is 0 Å². The molecule has 0 aliphatic carbocycles. The van der Waals surface area contributed by atoms with Gasteiger partial charge in [0.15, 0.2) is 5.78 Å². The quantitative estimate of drug-likeness (QED) is 0.369. The van der Waals surface area contributed by atoms with E-state index < -0.39 is 5.97 Å². The Balaban J connectivity index is 2.11. The number of thioether (sulfide) groups is 1. The van der Waals surface area contributed by atoms with Gasteiger partial charge in [0.2, 0.25) is 0 Å².